The van der Waals surface area contributed by atoms with Crippen LogP contribution in [-0.4, -0.2) is 22.1 Å². The molecule has 0 radical (unpaired) electrons. The number of Topliss-reactive ketones (excluding diaryl/α,β-unsaturated/α-hetero) is 1. The van der Waals surface area contributed by atoms with Crippen LogP contribution in [0, 0.1) is 11.3 Å². The van der Waals surface area contributed by atoms with Gasteiger partial charge in [-0.05, 0) is 58.8 Å². The highest BCUT2D eigenvalue weighted by atomic mass is 16.3. The summed E-state index contributed by atoms with van der Waals surface area (Å²) in [6.07, 6.45) is 1.69. The van der Waals surface area contributed by atoms with Crippen molar-refractivity contribution >= 4 is 5.78 Å². The standard InChI is InChI=1S/C20H28O3/c1-11(2)12-8-13-14(9-15(12)21)20(5)7-6-18(23)19(3,4)17(20)10-16(13)22/h8-9,11,17-18,21,23H,6-7,10H2,1-5H3. The van der Waals surface area contributed by atoms with Gasteiger partial charge in [0.05, 0.1) is 6.10 Å². The molecule has 23 heavy (non-hydrogen) atoms. The molecule has 0 aromatic heterocycles. The second-order valence-corrected chi connectivity index (χ2v) is 8.58. The lowest BCUT2D eigenvalue weighted by Crippen LogP contribution is -2.54. The Bertz CT molecular complexity index is 659. The number of aliphatic hydroxyl groups excluding tert-OH is 1. The minimum atomic E-state index is -0.376. The molecule has 3 atom stereocenters. The Hall–Kier alpha value is -1.35. The zero-order valence-corrected chi connectivity index (χ0v) is 14.8. The molecule has 0 amide bonds. The predicted octanol–water partition coefficient (Wildman–Crippen LogP) is 4.16. The van der Waals surface area contributed by atoms with E-state index in [0.29, 0.717) is 6.42 Å². The fourth-order valence-electron chi connectivity index (χ4n) is 4.91. The third-order valence-electron chi connectivity index (χ3n) is 6.56. The van der Waals surface area contributed by atoms with Crippen LogP contribution in [-0.2, 0) is 5.41 Å². The molecule has 2 aliphatic carbocycles. The molecule has 0 saturated heterocycles. The van der Waals surface area contributed by atoms with E-state index in [1.807, 2.05) is 26.0 Å². The average molecular weight is 316 g/mol. The number of hydrogen-bond acceptors (Lipinski definition) is 3. The van der Waals surface area contributed by atoms with Crippen molar-refractivity contribution in [3.8, 4) is 5.75 Å². The first kappa shape index (κ1) is 16.5. The lowest BCUT2D eigenvalue weighted by Gasteiger charge is -2.55. The minimum Gasteiger partial charge on any atom is -0.508 e. The Kier molecular flexibility index (Phi) is 3.64. The van der Waals surface area contributed by atoms with Gasteiger partial charge in [0.25, 0.3) is 0 Å². The molecule has 1 saturated carbocycles. The van der Waals surface area contributed by atoms with Crippen LogP contribution in [0.25, 0.3) is 0 Å². The van der Waals surface area contributed by atoms with Crippen LogP contribution in [0.3, 0.4) is 0 Å². The fourth-order valence-corrected chi connectivity index (χ4v) is 4.91. The van der Waals surface area contributed by atoms with E-state index in [9.17, 15) is 15.0 Å². The molecule has 1 aromatic carbocycles. The largest absolute Gasteiger partial charge is 0.508 e. The van der Waals surface area contributed by atoms with Gasteiger partial charge in [0.2, 0.25) is 0 Å². The molecular weight excluding hydrogens is 288 g/mol. The number of aliphatic hydroxyl groups is 1. The Morgan fingerprint density at radius 1 is 1.22 bits per heavy atom. The lowest BCUT2D eigenvalue weighted by atomic mass is 9.49. The molecule has 3 unspecified atom stereocenters. The number of rotatable bonds is 1. The summed E-state index contributed by atoms with van der Waals surface area (Å²) in [5.41, 5.74) is 2.12. The second-order valence-electron chi connectivity index (χ2n) is 8.58. The van der Waals surface area contributed by atoms with Crippen molar-refractivity contribution in [3.63, 3.8) is 0 Å². The number of carbonyl (C=O) groups is 1. The van der Waals surface area contributed by atoms with Gasteiger partial charge in [-0.15, -0.1) is 0 Å². The predicted molar refractivity (Wildman–Crippen MR) is 91.0 cm³/mol. The maximum Gasteiger partial charge on any atom is 0.163 e. The van der Waals surface area contributed by atoms with Crippen molar-refractivity contribution in [1.82, 2.24) is 0 Å². The van der Waals surface area contributed by atoms with Gasteiger partial charge in [-0.1, -0.05) is 34.6 Å². The maximum absolute atomic E-state index is 12.8. The molecule has 0 bridgehead atoms. The van der Waals surface area contributed by atoms with Crippen molar-refractivity contribution in [2.75, 3.05) is 0 Å². The molecular formula is C20H28O3. The van der Waals surface area contributed by atoms with Gasteiger partial charge in [-0.3, -0.25) is 4.79 Å². The SMILES string of the molecule is CC(C)c1cc2c(cc1O)C1(C)CCC(O)C(C)(C)C1CC2=O. The van der Waals surface area contributed by atoms with Crippen molar-refractivity contribution in [1.29, 1.82) is 0 Å². The van der Waals surface area contributed by atoms with E-state index < -0.39 is 0 Å². The molecule has 2 N–H and O–H groups in total. The van der Waals surface area contributed by atoms with Crippen molar-refractivity contribution in [3.05, 3.63) is 28.8 Å². The van der Waals surface area contributed by atoms with Gasteiger partial charge < -0.3 is 10.2 Å². The number of benzene rings is 1. The Morgan fingerprint density at radius 2 is 1.87 bits per heavy atom. The van der Waals surface area contributed by atoms with Gasteiger partial charge in [0, 0.05) is 12.0 Å². The number of aromatic hydroxyl groups is 1. The van der Waals surface area contributed by atoms with Gasteiger partial charge in [0.1, 0.15) is 5.75 Å². The monoisotopic (exact) mass is 316 g/mol. The molecule has 3 heteroatoms. The number of phenols is 1. The van der Waals surface area contributed by atoms with E-state index >= 15 is 0 Å². The van der Waals surface area contributed by atoms with Crippen LogP contribution in [0.4, 0.5) is 0 Å². The fraction of sp³-hybridized carbons (Fsp3) is 0.650. The Balaban J connectivity index is 2.20. The molecule has 1 fully saturated rings. The van der Waals surface area contributed by atoms with Gasteiger partial charge in [0.15, 0.2) is 5.78 Å². The summed E-state index contributed by atoms with van der Waals surface area (Å²) < 4.78 is 0. The highest BCUT2D eigenvalue weighted by Crippen LogP contribution is 2.57. The molecule has 126 valence electrons. The molecule has 0 heterocycles. The molecule has 0 spiro atoms. The van der Waals surface area contributed by atoms with Crippen molar-refractivity contribution < 1.29 is 15.0 Å². The molecule has 1 aromatic rings. The van der Waals surface area contributed by atoms with E-state index in [-0.39, 0.29) is 40.3 Å². The quantitative estimate of drug-likeness (QED) is 0.818. The van der Waals surface area contributed by atoms with Gasteiger partial charge in [-0.25, -0.2) is 0 Å². The second kappa shape index (κ2) is 5.07. The van der Waals surface area contributed by atoms with Gasteiger partial charge in [-0.2, -0.15) is 0 Å². The normalized spacial score (nSPS) is 32.6. The number of hydrogen-bond donors (Lipinski definition) is 2. The van der Waals surface area contributed by atoms with Crippen LogP contribution in [0.5, 0.6) is 5.75 Å². The molecule has 3 nitrogen and oxygen atoms in total. The summed E-state index contributed by atoms with van der Waals surface area (Å²) in [5.74, 6) is 0.718. The van der Waals surface area contributed by atoms with Crippen molar-refractivity contribution in [2.45, 2.75) is 71.3 Å². The summed E-state index contributed by atoms with van der Waals surface area (Å²) in [6, 6.07) is 3.72. The van der Waals surface area contributed by atoms with E-state index in [1.165, 1.54) is 0 Å². The zero-order valence-electron chi connectivity index (χ0n) is 14.8. The first-order valence-corrected chi connectivity index (χ1v) is 8.67. The smallest absolute Gasteiger partial charge is 0.163 e. The van der Waals surface area contributed by atoms with Crippen LogP contribution >= 0.6 is 0 Å². The van der Waals surface area contributed by atoms with E-state index in [0.717, 1.165) is 29.5 Å². The van der Waals surface area contributed by atoms with Crippen molar-refractivity contribution in [2.24, 2.45) is 11.3 Å². The summed E-state index contributed by atoms with van der Waals surface area (Å²) in [7, 11) is 0. The minimum absolute atomic E-state index is 0.100. The average Bonchev–Trinajstić information content (AvgIpc) is 2.46. The first-order valence-electron chi connectivity index (χ1n) is 8.67. The highest BCUT2D eigenvalue weighted by molar-refractivity contribution is 6.00. The number of carbonyl (C=O) groups excluding carboxylic acids is 1. The van der Waals surface area contributed by atoms with E-state index in [2.05, 4.69) is 20.8 Å². The summed E-state index contributed by atoms with van der Waals surface area (Å²) >= 11 is 0. The molecule has 2 aliphatic rings. The number of fused-ring (bicyclic) bond motifs is 3. The van der Waals surface area contributed by atoms with Gasteiger partial charge >= 0.3 is 0 Å². The number of ketones is 1. The third-order valence-corrected chi connectivity index (χ3v) is 6.56. The van der Waals surface area contributed by atoms with Crippen LogP contribution in [0.2, 0.25) is 0 Å². The summed E-state index contributed by atoms with van der Waals surface area (Å²) in [5, 5.41) is 20.9. The molecule has 3 rings (SSSR count). The first-order chi connectivity index (χ1) is 10.6. The van der Waals surface area contributed by atoms with E-state index in [1.54, 1.807) is 0 Å². The summed E-state index contributed by atoms with van der Waals surface area (Å²) in [4.78, 5) is 12.8. The lowest BCUT2D eigenvalue weighted by molar-refractivity contribution is -0.0687. The zero-order chi connectivity index (χ0) is 17.2. The number of phenolic OH excluding ortho intramolecular Hbond substituents is 1. The topological polar surface area (TPSA) is 57.5 Å². The van der Waals surface area contributed by atoms with E-state index in [4.69, 9.17) is 0 Å². The maximum atomic E-state index is 12.8. The Labute approximate surface area is 138 Å². The third kappa shape index (κ3) is 2.24. The highest BCUT2D eigenvalue weighted by Gasteiger charge is 2.55. The van der Waals surface area contributed by atoms with Crippen LogP contribution in [0.15, 0.2) is 12.1 Å². The van der Waals surface area contributed by atoms with Crippen LogP contribution < -0.4 is 0 Å². The summed E-state index contributed by atoms with van der Waals surface area (Å²) in [6.45, 7) is 10.4. The Morgan fingerprint density at radius 3 is 2.48 bits per heavy atom. The molecule has 0 aliphatic heterocycles. The van der Waals surface area contributed by atoms with Crippen LogP contribution in [0.1, 0.15) is 81.3 Å².